The first-order valence-electron chi connectivity index (χ1n) is 4.23. The van der Waals surface area contributed by atoms with Crippen molar-refractivity contribution in [3.05, 3.63) is 72.3 Å². The summed E-state index contributed by atoms with van der Waals surface area (Å²) in [4.78, 5) is 0. The quantitative estimate of drug-likeness (QED) is 0.445. The third-order valence-corrected chi connectivity index (χ3v) is 1.47. The number of rotatable bonds is 0. The van der Waals surface area contributed by atoms with Crippen LogP contribution in [0.1, 0.15) is 5.56 Å². The van der Waals surface area contributed by atoms with Crippen LogP contribution >= 0.6 is 0 Å². The summed E-state index contributed by atoms with van der Waals surface area (Å²) in [6, 6.07) is 23.3. The summed E-state index contributed by atoms with van der Waals surface area (Å²) in [6.07, 6.45) is 0. The van der Waals surface area contributed by atoms with Gasteiger partial charge < -0.3 is 0 Å². The van der Waals surface area contributed by atoms with E-state index in [2.05, 4.69) is 25.1 Å². The van der Waals surface area contributed by atoms with Gasteiger partial charge in [0.05, 0.1) is 0 Å². The Hall–Kier alpha value is -0.794. The summed E-state index contributed by atoms with van der Waals surface area (Å²) in [7, 11) is 0. The fraction of sp³-hybridized carbons (Fsp3) is 0.0769. The molecule has 0 amide bonds. The molecule has 0 N–H and O–H groups in total. The Morgan fingerprint density at radius 3 is 1.71 bits per heavy atom. The molecule has 0 spiro atoms. The molecule has 0 fully saturated rings. The molecule has 0 atom stereocenters. The number of benzene rings is 2. The summed E-state index contributed by atoms with van der Waals surface area (Å²) in [6.45, 7) is 2.05. The Bertz CT molecular complexity index is 276. The Kier molecular flexibility index (Phi) is 8.29. The fourth-order valence-electron chi connectivity index (χ4n) is 0.825. The van der Waals surface area contributed by atoms with E-state index in [9.17, 15) is 0 Å². The van der Waals surface area contributed by atoms with Crippen LogP contribution in [0.4, 0.5) is 0 Å². The summed E-state index contributed by atoms with van der Waals surface area (Å²) < 4.78 is 0. The third-order valence-electron chi connectivity index (χ3n) is 1.47. The van der Waals surface area contributed by atoms with E-state index in [0.29, 0.717) is 0 Å². The number of hydrogen-bond donors (Lipinski definition) is 0. The SMILES string of the molecule is Cc1c[c-]ccc1.[Mg+2].[c-]1ccccc1. The van der Waals surface area contributed by atoms with Crippen molar-refractivity contribution >= 4 is 23.1 Å². The standard InChI is InChI=1S/C7H7.C6H5.Mg/c1-7-5-3-2-4-6-7;1-2-4-6-5-3-1;/h2-3,5-6H,1H3;1-5H;/q2*-1;+2. The first-order chi connectivity index (χ1) is 6.39. The van der Waals surface area contributed by atoms with Crippen LogP contribution < -0.4 is 0 Å². The van der Waals surface area contributed by atoms with E-state index in [4.69, 9.17) is 0 Å². The molecular formula is C13H12Mg. The molecule has 0 heterocycles. The van der Waals surface area contributed by atoms with Gasteiger partial charge in [0.1, 0.15) is 0 Å². The minimum atomic E-state index is 0. The van der Waals surface area contributed by atoms with Crippen molar-refractivity contribution in [2.24, 2.45) is 0 Å². The third kappa shape index (κ3) is 6.69. The predicted octanol–water partition coefficient (Wildman–Crippen LogP) is 2.90. The minimum absolute atomic E-state index is 0. The van der Waals surface area contributed by atoms with Gasteiger partial charge >= 0.3 is 23.1 Å². The van der Waals surface area contributed by atoms with Crippen LogP contribution in [0.2, 0.25) is 0 Å². The molecular weight excluding hydrogens is 180 g/mol. The molecule has 0 aliphatic carbocycles. The van der Waals surface area contributed by atoms with Gasteiger partial charge in [-0.05, 0) is 0 Å². The largest absolute Gasteiger partial charge is 2.00 e. The van der Waals surface area contributed by atoms with Gasteiger partial charge in [0.15, 0.2) is 0 Å². The molecule has 0 aliphatic rings. The second kappa shape index (κ2) is 8.79. The van der Waals surface area contributed by atoms with Crippen LogP contribution in [0.3, 0.4) is 0 Å². The van der Waals surface area contributed by atoms with Crippen LogP contribution in [0.25, 0.3) is 0 Å². The molecule has 2 aromatic rings. The Balaban J connectivity index is 0.000000227. The second-order valence-corrected chi connectivity index (χ2v) is 2.66. The van der Waals surface area contributed by atoms with Crippen molar-refractivity contribution in [3.63, 3.8) is 0 Å². The van der Waals surface area contributed by atoms with E-state index in [1.54, 1.807) is 0 Å². The van der Waals surface area contributed by atoms with Crippen LogP contribution in [-0.2, 0) is 0 Å². The Labute approximate surface area is 102 Å². The molecule has 1 heteroatoms. The van der Waals surface area contributed by atoms with Gasteiger partial charge in [-0.15, -0.1) is 0 Å². The van der Waals surface area contributed by atoms with Gasteiger partial charge in [0.2, 0.25) is 0 Å². The van der Waals surface area contributed by atoms with Crippen molar-refractivity contribution < 1.29 is 0 Å². The minimum Gasteiger partial charge on any atom is -0.184 e. The average molecular weight is 193 g/mol. The van der Waals surface area contributed by atoms with E-state index >= 15 is 0 Å². The maximum atomic E-state index is 2.96. The van der Waals surface area contributed by atoms with Crippen molar-refractivity contribution in [3.8, 4) is 0 Å². The maximum Gasteiger partial charge on any atom is 2.00 e. The van der Waals surface area contributed by atoms with Crippen LogP contribution in [0, 0.1) is 19.1 Å². The first-order valence-corrected chi connectivity index (χ1v) is 4.23. The predicted molar refractivity (Wildman–Crippen MR) is 61.0 cm³/mol. The molecule has 0 unspecified atom stereocenters. The molecule has 2 rings (SSSR count). The summed E-state index contributed by atoms with van der Waals surface area (Å²) >= 11 is 0. The average Bonchev–Trinajstić information content (AvgIpc) is 2.22. The molecule has 0 saturated carbocycles. The molecule has 0 nitrogen and oxygen atoms in total. The molecule has 14 heavy (non-hydrogen) atoms. The van der Waals surface area contributed by atoms with Gasteiger partial charge in [0.25, 0.3) is 0 Å². The smallest absolute Gasteiger partial charge is 0.184 e. The van der Waals surface area contributed by atoms with Gasteiger partial charge in [-0.3, -0.25) is 0 Å². The normalized spacial score (nSPS) is 7.79. The van der Waals surface area contributed by atoms with Gasteiger partial charge in [-0.25, -0.2) is 0 Å². The van der Waals surface area contributed by atoms with Gasteiger partial charge in [-0.2, -0.15) is 72.3 Å². The van der Waals surface area contributed by atoms with Crippen molar-refractivity contribution in [2.45, 2.75) is 6.92 Å². The summed E-state index contributed by atoms with van der Waals surface area (Å²) in [5.74, 6) is 0. The molecule has 0 bridgehead atoms. The van der Waals surface area contributed by atoms with E-state index in [0.717, 1.165) is 0 Å². The molecule has 66 valence electrons. The first kappa shape index (κ1) is 13.2. The van der Waals surface area contributed by atoms with Crippen LogP contribution in [0.15, 0.2) is 54.6 Å². The zero-order valence-corrected chi connectivity index (χ0v) is 9.82. The summed E-state index contributed by atoms with van der Waals surface area (Å²) in [5.41, 5.74) is 1.27. The molecule has 0 aliphatic heterocycles. The van der Waals surface area contributed by atoms with E-state index < -0.39 is 0 Å². The Morgan fingerprint density at radius 1 is 0.857 bits per heavy atom. The monoisotopic (exact) mass is 192 g/mol. The number of aryl methyl sites for hydroxylation is 1. The Morgan fingerprint density at radius 2 is 1.50 bits per heavy atom. The van der Waals surface area contributed by atoms with Crippen molar-refractivity contribution in [1.82, 2.24) is 0 Å². The molecule has 2 aromatic carbocycles. The van der Waals surface area contributed by atoms with Crippen molar-refractivity contribution in [1.29, 1.82) is 0 Å². The van der Waals surface area contributed by atoms with E-state index in [1.165, 1.54) is 5.56 Å². The van der Waals surface area contributed by atoms with Crippen LogP contribution in [0.5, 0.6) is 0 Å². The van der Waals surface area contributed by atoms with Crippen molar-refractivity contribution in [2.75, 3.05) is 0 Å². The molecule has 0 saturated heterocycles. The van der Waals surface area contributed by atoms with Gasteiger partial charge in [-0.1, -0.05) is 6.92 Å². The zero-order valence-electron chi connectivity index (χ0n) is 8.40. The molecule has 0 aromatic heterocycles. The zero-order chi connectivity index (χ0) is 9.36. The summed E-state index contributed by atoms with van der Waals surface area (Å²) in [5, 5.41) is 0. The second-order valence-electron chi connectivity index (χ2n) is 2.66. The van der Waals surface area contributed by atoms with Crippen LogP contribution in [-0.4, -0.2) is 23.1 Å². The van der Waals surface area contributed by atoms with E-state index in [1.807, 2.05) is 48.5 Å². The number of hydrogen-bond acceptors (Lipinski definition) is 0. The van der Waals surface area contributed by atoms with E-state index in [-0.39, 0.29) is 23.1 Å². The van der Waals surface area contributed by atoms with Gasteiger partial charge in [0, 0.05) is 0 Å². The maximum absolute atomic E-state index is 2.96. The molecule has 0 radical (unpaired) electrons. The fourth-order valence-corrected chi connectivity index (χ4v) is 0.825. The topological polar surface area (TPSA) is 0 Å².